The van der Waals surface area contributed by atoms with Crippen LogP contribution in [0.15, 0.2) is 51.7 Å². The molecule has 3 aromatic rings. The van der Waals surface area contributed by atoms with Gasteiger partial charge in [0.25, 0.3) is 0 Å². The molecule has 0 unspecified atom stereocenters. The molecule has 0 amide bonds. The second-order valence-corrected chi connectivity index (χ2v) is 7.70. The van der Waals surface area contributed by atoms with Crippen LogP contribution in [0.4, 0.5) is 5.69 Å². The van der Waals surface area contributed by atoms with Crippen LogP contribution in [0.1, 0.15) is 0 Å². The van der Waals surface area contributed by atoms with Gasteiger partial charge in [0.1, 0.15) is 9.04 Å². The van der Waals surface area contributed by atoms with Gasteiger partial charge in [-0.05, 0) is 36.4 Å². The molecule has 102 valence electrons. The van der Waals surface area contributed by atoms with E-state index in [0.717, 1.165) is 11.3 Å². The van der Waals surface area contributed by atoms with Crippen molar-refractivity contribution in [3.63, 3.8) is 0 Å². The van der Waals surface area contributed by atoms with Gasteiger partial charge < -0.3 is 5.73 Å². The number of nitrogens with zero attached hydrogens (tertiary/aromatic N) is 1. The number of aromatic nitrogens is 1. The molecule has 0 radical (unpaired) electrons. The third-order valence-corrected chi connectivity index (χ3v) is 6.52. The summed E-state index contributed by atoms with van der Waals surface area (Å²) in [5, 5.41) is 1.14. The number of anilines is 1. The molecule has 3 rings (SSSR count). The van der Waals surface area contributed by atoms with Crippen LogP contribution in [0.2, 0.25) is 5.02 Å². The smallest absolute Gasteiger partial charge is 0.218 e. The average Bonchev–Trinajstić information content (AvgIpc) is 2.78. The van der Waals surface area contributed by atoms with Crippen LogP contribution in [-0.4, -0.2) is 13.4 Å². The molecule has 0 fully saturated rings. The normalized spacial score (nSPS) is 11.8. The SMILES string of the molecule is Nc1c(S(=O)(=O)c2ccc(Cl)cc2)sc2ncccc12. The lowest BCUT2D eigenvalue weighted by Crippen LogP contribution is -2.02. The Morgan fingerprint density at radius 1 is 1.15 bits per heavy atom. The molecule has 0 bridgehead atoms. The second-order valence-electron chi connectivity index (χ2n) is 4.12. The topological polar surface area (TPSA) is 73.1 Å². The molecular weight excluding hydrogens is 316 g/mol. The number of hydrogen-bond acceptors (Lipinski definition) is 5. The summed E-state index contributed by atoms with van der Waals surface area (Å²) < 4.78 is 25.3. The van der Waals surface area contributed by atoms with E-state index in [4.69, 9.17) is 17.3 Å². The fourth-order valence-electron chi connectivity index (χ4n) is 1.85. The number of fused-ring (bicyclic) bond motifs is 1. The van der Waals surface area contributed by atoms with Crippen molar-refractivity contribution >= 4 is 48.7 Å². The maximum absolute atomic E-state index is 12.6. The molecule has 0 aliphatic heterocycles. The van der Waals surface area contributed by atoms with Crippen LogP contribution in [0.5, 0.6) is 0 Å². The minimum atomic E-state index is -3.65. The predicted octanol–water partition coefficient (Wildman–Crippen LogP) is 3.36. The molecule has 0 aliphatic rings. The van der Waals surface area contributed by atoms with Gasteiger partial charge in [-0.15, -0.1) is 11.3 Å². The molecular formula is C13H9ClN2O2S2. The first-order valence-electron chi connectivity index (χ1n) is 5.64. The van der Waals surface area contributed by atoms with E-state index in [0.29, 0.717) is 15.2 Å². The Bertz CT molecular complexity index is 886. The van der Waals surface area contributed by atoms with Crippen molar-refractivity contribution in [3.8, 4) is 0 Å². The predicted molar refractivity (Wildman–Crippen MR) is 80.9 cm³/mol. The van der Waals surface area contributed by atoms with E-state index < -0.39 is 9.84 Å². The Labute approximate surface area is 124 Å². The summed E-state index contributed by atoms with van der Waals surface area (Å²) in [6.45, 7) is 0. The highest BCUT2D eigenvalue weighted by atomic mass is 35.5. The highest BCUT2D eigenvalue weighted by molar-refractivity contribution is 7.93. The molecule has 0 saturated carbocycles. The lowest BCUT2D eigenvalue weighted by Gasteiger charge is -2.03. The standard InChI is InChI=1S/C13H9ClN2O2S2/c14-8-3-5-9(6-4-8)20(17,18)13-11(15)10-2-1-7-16-12(10)19-13/h1-7H,15H2. The quantitative estimate of drug-likeness (QED) is 0.784. The Kier molecular flexibility index (Phi) is 3.16. The summed E-state index contributed by atoms with van der Waals surface area (Å²) in [6, 6.07) is 9.50. The Balaban J connectivity index is 2.24. The first kappa shape index (κ1) is 13.4. The van der Waals surface area contributed by atoms with Crippen LogP contribution >= 0.6 is 22.9 Å². The number of nitrogens with two attached hydrogens (primary N) is 1. The first-order valence-corrected chi connectivity index (χ1v) is 8.31. The van der Waals surface area contributed by atoms with Gasteiger partial charge in [-0.1, -0.05) is 11.6 Å². The van der Waals surface area contributed by atoms with Crippen molar-refractivity contribution < 1.29 is 8.42 Å². The van der Waals surface area contributed by atoms with Crippen molar-refractivity contribution in [2.24, 2.45) is 0 Å². The zero-order valence-corrected chi connectivity index (χ0v) is 12.5. The molecule has 0 aliphatic carbocycles. The van der Waals surface area contributed by atoms with Gasteiger partial charge in [-0.2, -0.15) is 0 Å². The number of nitrogen functional groups attached to an aromatic ring is 1. The zero-order valence-electron chi connectivity index (χ0n) is 10.1. The Morgan fingerprint density at radius 2 is 1.85 bits per heavy atom. The number of sulfone groups is 1. The fourth-order valence-corrected chi connectivity index (χ4v) is 4.85. The van der Waals surface area contributed by atoms with Crippen LogP contribution < -0.4 is 5.73 Å². The minimum absolute atomic E-state index is 0.119. The zero-order chi connectivity index (χ0) is 14.3. The van der Waals surface area contributed by atoms with Crippen LogP contribution in [0, 0.1) is 0 Å². The summed E-state index contributed by atoms with van der Waals surface area (Å²) in [5.74, 6) is 0. The highest BCUT2D eigenvalue weighted by Crippen LogP contribution is 2.38. The van der Waals surface area contributed by atoms with Crippen LogP contribution in [0.25, 0.3) is 10.2 Å². The number of thiophene rings is 1. The molecule has 20 heavy (non-hydrogen) atoms. The second kappa shape index (κ2) is 4.73. The number of hydrogen-bond donors (Lipinski definition) is 1. The van der Waals surface area contributed by atoms with Gasteiger partial charge in [0, 0.05) is 16.6 Å². The summed E-state index contributed by atoms with van der Waals surface area (Å²) >= 11 is 6.85. The van der Waals surface area contributed by atoms with E-state index in [-0.39, 0.29) is 14.8 Å². The number of rotatable bonds is 2. The summed E-state index contributed by atoms with van der Waals surface area (Å²) in [5.41, 5.74) is 6.20. The van der Waals surface area contributed by atoms with Crippen LogP contribution in [-0.2, 0) is 9.84 Å². The Morgan fingerprint density at radius 3 is 2.50 bits per heavy atom. The fraction of sp³-hybridized carbons (Fsp3) is 0. The average molecular weight is 325 g/mol. The highest BCUT2D eigenvalue weighted by Gasteiger charge is 2.24. The molecule has 4 nitrogen and oxygen atoms in total. The summed E-state index contributed by atoms with van der Waals surface area (Å²) in [4.78, 5) is 4.91. The van der Waals surface area contributed by atoms with Crippen molar-refractivity contribution in [2.45, 2.75) is 9.10 Å². The molecule has 2 N–H and O–H groups in total. The summed E-state index contributed by atoms with van der Waals surface area (Å²) in [6.07, 6.45) is 1.61. The minimum Gasteiger partial charge on any atom is -0.396 e. The number of halogens is 1. The van der Waals surface area contributed by atoms with E-state index in [2.05, 4.69) is 4.98 Å². The van der Waals surface area contributed by atoms with Gasteiger partial charge >= 0.3 is 0 Å². The molecule has 0 saturated heterocycles. The molecule has 0 atom stereocenters. The molecule has 1 aromatic carbocycles. The van der Waals surface area contributed by atoms with Gasteiger partial charge in [0.05, 0.1) is 10.6 Å². The molecule has 2 aromatic heterocycles. The lowest BCUT2D eigenvalue weighted by atomic mass is 10.3. The monoisotopic (exact) mass is 324 g/mol. The van der Waals surface area contributed by atoms with Gasteiger partial charge in [-0.3, -0.25) is 0 Å². The Hall–Kier alpha value is -1.63. The third kappa shape index (κ3) is 2.06. The first-order chi connectivity index (χ1) is 9.50. The van der Waals surface area contributed by atoms with Gasteiger partial charge in [-0.25, -0.2) is 13.4 Å². The maximum atomic E-state index is 12.6. The molecule has 2 heterocycles. The van der Waals surface area contributed by atoms with Crippen molar-refractivity contribution in [1.82, 2.24) is 4.98 Å². The summed E-state index contributed by atoms with van der Waals surface area (Å²) in [7, 11) is -3.65. The number of pyridine rings is 1. The number of benzene rings is 1. The largest absolute Gasteiger partial charge is 0.396 e. The lowest BCUT2D eigenvalue weighted by molar-refractivity contribution is 0.598. The van der Waals surface area contributed by atoms with Crippen molar-refractivity contribution in [1.29, 1.82) is 0 Å². The van der Waals surface area contributed by atoms with Crippen molar-refractivity contribution in [3.05, 3.63) is 47.6 Å². The van der Waals surface area contributed by atoms with Crippen LogP contribution in [0.3, 0.4) is 0 Å². The van der Waals surface area contributed by atoms with E-state index in [1.54, 1.807) is 18.3 Å². The van der Waals surface area contributed by atoms with Crippen molar-refractivity contribution in [2.75, 3.05) is 5.73 Å². The third-order valence-electron chi connectivity index (χ3n) is 2.84. The van der Waals surface area contributed by atoms with Gasteiger partial charge in [0.15, 0.2) is 0 Å². The van der Waals surface area contributed by atoms with E-state index in [1.807, 2.05) is 0 Å². The van der Waals surface area contributed by atoms with E-state index in [1.165, 1.54) is 24.3 Å². The van der Waals surface area contributed by atoms with Gasteiger partial charge in [0.2, 0.25) is 9.84 Å². The molecule has 0 spiro atoms. The maximum Gasteiger partial charge on any atom is 0.218 e. The van der Waals surface area contributed by atoms with E-state index in [9.17, 15) is 8.42 Å². The van der Waals surface area contributed by atoms with E-state index >= 15 is 0 Å². The molecule has 7 heteroatoms.